The van der Waals surface area contributed by atoms with Gasteiger partial charge in [0.25, 0.3) is 0 Å². The lowest BCUT2D eigenvalue weighted by atomic mass is 9.62. The SMILES string of the molecule is CCC1CCCCC1C1(C(=O)O)CCC(C)C1. The Morgan fingerprint density at radius 2 is 2.00 bits per heavy atom. The maximum absolute atomic E-state index is 11.8. The van der Waals surface area contributed by atoms with Gasteiger partial charge in [0.1, 0.15) is 0 Å². The van der Waals surface area contributed by atoms with Gasteiger partial charge in [-0.05, 0) is 43.4 Å². The highest BCUT2D eigenvalue weighted by Crippen LogP contribution is 2.54. The Kier molecular flexibility index (Phi) is 3.79. The normalized spacial score (nSPS) is 42.6. The first-order valence-electron chi connectivity index (χ1n) is 7.33. The summed E-state index contributed by atoms with van der Waals surface area (Å²) in [6.07, 6.45) is 9.06. The lowest BCUT2D eigenvalue weighted by Crippen LogP contribution is -2.41. The maximum Gasteiger partial charge on any atom is 0.309 e. The van der Waals surface area contributed by atoms with E-state index in [1.165, 1.54) is 19.3 Å². The first-order chi connectivity index (χ1) is 8.10. The van der Waals surface area contributed by atoms with Gasteiger partial charge in [-0.1, -0.05) is 39.5 Å². The summed E-state index contributed by atoms with van der Waals surface area (Å²) in [5.41, 5.74) is -0.374. The summed E-state index contributed by atoms with van der Waals surface area (Å²) in [5.74, 6) is 1.20. The van der Waals surface area contributed by atoms with Gasteiger partial charge in [0.2, 0.25) is 0 Å². The second-order valence-corrected chi connectivity index (χ2v) is 6.37. The van der Waals surface area contributed by atoms with Gasteiger partial charge in [0.05, 0.1) is 5.41 Å². The van der Waals surface area contributed by atoms with Crippen molar-refractivity contribution < 1.29 is 9.90 Å². The van der Waals surface area contributed by atoms with Gasteiger partial charge in [-0.25, -0.2) is 0 Å². The number of carboxylic acids is 1. The van der Waals surface area contributed by atoms with Crippen LogP contribution in [0.25, 0.3) is 0 Å². The van der Waals surface area contributed by atoms with Crippen molar-refractivity contribution in [2.24, 2.45) is 23.2 Å². The van der Waals surface area contributed by atoms with E-state index in [1.807, 2.05) is 0 Å². The van der Waals surface area contributed by atoms with Crippen LogP contribution >= 0.6 is 0 Å². The summed E-state index contributed by atoms with van der Waals surface area (Å²) in [6, 6.07) is 0. The molecule has 2 fully saturated rings. The lowest BCUT2D eigenvalue weighted by Gasteiger charge is -2.42. The van der Waals surface area contributed by atoms with Crippen LogP contribution in [0.1, 0.15) is 65.2 Å². The number of rotatable bonds is 3. The zero-order valence-electron chi connectivity index (χ0n) is 11.2. The second-order valence-electron chi connectivity index (χ2n) is 6.37. The molecule has 4 unspecified atom stereocenters. The fourth-order valence-electron chi connectivity index (χ4n) is 4.44. The van der Waals surface area contributed by atoms with Gasteiger partial charge in [-0.3, -0.25) is 4.79 Å². The molecule has 0 aromatic heterocycles. The Morgan fingerprint density at radius 1 is 1.29 bits per heavy atom. The van der Waals surface area contributed by atoms with Gasteiger partial charge >= 0.3 is 5.97 Å². The molecule has 2 aliphatic rings. The van der Waals surface area contributed by atoms with Crippen molar-refractivity contribution in [3.63, 3.8) is 0 Å². The largest absolute Gasteiger partial charge is 0.481 e. The van der Waals surface area contributed by atoms with Crippen molar-refractivity contribution >= 4 is 5.97 Å². The molecule has 0 spiro atoms. The minimum atomic E-state index is -0.507. The summed E-state index contributed by atoms with van der Waals surface area (Å²) < 4.78 is 0. The van der Waals surface area contributed by atoms with Crippen molar-refractivity contribution in [3.05, 3.63) is 0 Å². The fraction of sp³-hybridized carbons (Fsp3) is 0.933. The first-order valence-corrected chi connectivity index (χ1v) is 7.33. The van der Waals surface area contributed by atoms with Crippen molar-refractivity contribution in [1.82, 2.24) is 0 Å². The Morgan fingerprint density at radius 3 is 2.53 bits per heavy atom. The third-order valence-electron chi connectivity index (χ3n) is 5.37. The molecule has 2 rings (SSSR count). The van der Waals surface area contributed by atoms with Crippen LogP contribution < -0.4 is 0 Å². The Bertz CT molecular complexity index is 287. The highest BCUT2D eigenvalue weighted by Gasteiger charge is 2.52. The van der Waals surface area contributed by atoms with E-state index in [2.05, 4.69) is 13.8 Å². The quantitative estimate of drug-likeness (QED) is 0.804. The van der Waals surface area contributed by atoms with Crippen LogP contribution in [0.15, 0.2) is 0 Å². The molecular formula is C15H26O2. The third-order valence-corrected chi connectivity index (χ3v) is 5.37. The Hall–Kier alpha value is -0.530. The molecule has 0 aromatic carbocycles. The predicted octanol–water partition coefficient (Wildman–Crippen LogP) is 4.09. The van der Waals surface area contributed by atoms with Gasteiger partial charge in [0.15, 0.2) is 0 Å². The molecule has 2 saturated carbocycles. The zero-order valence-corrected chi connectivity index (χ0v) is 11.2. The Labute approximate surface area is 105 Å². The van der Waals surface area contributed by atoms with Gasteiger partial charge in [-0.15, -0.1) is 0 Å². The molecule has 0 aromatic rings. The molecule has 2 heteroatoms. The molecule has 2 nitrogen and oxygen atoms in total. The summed E-state index contributed by atoms with van der Waals surface area (Å²) in [7, 11) is 0. The molecule has 0 amide bonds. The topological polar surface area (TPSA) is 37.3 Å². The molecule has 0 saturated heterocycles. The molecular weight excluding hydrogens is 212 g/mol. The number of hydrogen-bond donors (Lipinski definition) is 1. The van der Waals surface area contributed by atoms with Gasteiger partial charge < -0.3 is 5.11 Å². The second kappa shape index (κ2) is 4.99. The van der Waals surface area contributed by atoms with E-state index in [0.29, 0.717) is 17.8 Å². The van der Waals surface area contributed by atoms with Crippen LogP contribution in [-0.4, -0.2) is 11.1 Å². The smallest absolute Gasteiger partial charge is 0.309 e. The minimum Gasteiger partial charge on any atom is -0.481 e. The minimum absolute atomic E-state index is 0.374. The summed E-state index contributed by atoms with van der Waals surface area (Å²) in [6.45, 7) is 4.45. The molecule has 4 atom stereocenters. The van der Waals surface area contributed by atoms with Crippen molar-refractivity contribution in [2.75, 3.05) is 0 Å². The van der Waals surface area contributed by atoms with Crippen LogP contribution in [0.2, 0.25) is 0 Å². The summed E-state index contributed by atoms with van der Waals surface area (Å²) in [4.78, 5) is 11.8. The summed E-state index contributed by atoms with van der Waals surface area (Å²) >= 11 is 0. The van der Waals surface area contributed by atoms with E-state index >= 15 is 0 Å². The van der Waals surface area contributed by atoms with E-state index in [1.54, 1.807) is 0 Å². The average Bonchev–Trinajstić information content (AvgIpc) is 2.73. The number of carbonyl (C=O) groups is 1. The van der Waals surface area contributed by atoms with Crippen LogP contribution in [0, 0.1) is 23.2 Å². The van der Waals surface area contributed by atoms with E-state index in [9.17, 15) is 9.90 Å². The Balaban J connectivity index is 2.23. The fourth-order valence-corrected chi connectivity index (χ4v) is 4.44. The molecule has 1 N–H and O–H groups in total. The lowest BCUT2D eigenvalue weighted by molar-refractivity contribution is -0.155. The maximum atomic E-state index is 11.8. The standard InChI is InChI=1S/C15H26O2/c1-3-12-6-4-5-7-13(12)15(14(16)17)9-8-11(2)10-15/h11-13H,3-10H2,1-2H3,(H,16,17). The van der Waals surface area contributed by atoms with Crippen LogP contribution in [0.4, 0.5) is 0 Å². The average molecular weight is 238 g/mol. The predicted molar refractivity (Wildman–Crippen MR) is 68.8 cm³/mol. The van der Waals surface area contributed by atoms with E-state index in [0.717, 1.165) is 32.1 Å². The van der Waals surface area contributed by atoms with Gasteiger partial charge in [0, 0.05) is 0 Å². The van der Waals surface area contributed by atoms with Crippen molar-refractivity contribution in [3.8, 4) is 0 Å². The van der Waals surface area contributed by atoms with Crippen LogP contribution in [-0.2, 0) is 4.79 Å². The first kappa shape index (κ1) is 12.9. The zero-order chi connectivity index (χ0) is 12.5. The van der Waals surface area contributed by atoms with Crippen LogP contribution in [0.5, 0.6) is 0 Å². The summed E-state index contributed by atoms with van der Waals surface area (Å²) in [5, 5.41) is 9.75. The molecule has 17 heavy (non-hydrogen) atoms. The molecule has 0 aliphatic heterocycles. The van der Waals surface area contributed by atoms with E-state index < -0.39 is 5.97 Å². The highest BCUT2D eigenvalue weighted by molar-refractivity contribution is 5.75. The third kappa shape index (κ3) is 2.23. The van der Waals surface area contributed by atoms with Gasteiger partial charge in [-0.2, -0.15) is 0 Å². The molecule has 0 radical (unpaired) electrons. The van der Waals surface area contributed by atoms with E-state index in [4.69, 9.17) is 0 Å². The van der Waals surface area contributed by atoms with Crippen molar-refractivity contribution in [1.29, 1.82) is 0 Å². The van der Waals surface area contributed by atoms with E-state index in [-0.39, 0.29) is 5.41 Å². The monoisotopic (exact) mass is 238 g/mol. The number of aliphatic carboxylic acids is 1. The highest BCUT2D eigenvalue weighted by atomic mass is 16.4. The molecule has 0 bridgehead atoms. The molecule has 98 valence electrons. The molecule has 2 aliphatic carbocycles. The van der Waals surface area contributed by atoms with Crippen molar-refractivity contribution in [2.45, 2.75) is 65.2 Å². The number of hydrogen-bond acceptors (Lipinski definition) is 1. The molecule has 0 heterocycles. The number of carboxylic acid groups (broad SMARTS) is 1. The van der Waals surface area contributed by atoms with Crippen LogP contribution in [0.3, 0.4) is 0 Å².